The number of benzene rings is 2. The average Bonchev–Trinajstić information content (AvgIpc) is 3.43. The van der Waals surface area contributed by atoms with E-state index < -0.39 is 47.5 Å². The van der Waals surface area contributed by atoms with E-state index >= 15 is 0 Å². The number of esters is 1. The second-order valence-corrected chi connectivity index (χ2v) is 14.5. The van der Waals surface area contributed by atoms with Crippen LogP contribution in [0.1, 0.15) is 78.4 Å². The van der Waals surface area contributed by atoms with Crippen LogP contribution in [-0.4, -0.2) is 76.9 Å². The number of hydrogen-bond acceptors (Lipinski definition) is 10. The van der Waals surface area contributed by atoms with Crippen molar-refractivity contribution in [3.05, 3.63) is 71.8 Å². The lowest BCUT2D eigenvalue weighted by atomic mass is 9.89. The maximum atomic E-state index is 13.8. The Hall–Kier alpha value is -5.14. The number of guanidine groups is 1. The molecule has 51 heavy (non-hydrogen) atoms. The van der Waals surface area contributed by atoms with Gasteiger partial charge < -0.3 is 29.2 Å². The molecule has 0 spiro atoms. The van der Waals surface area contributed by atoms with Crippen molar-refractivity contribution in [2.75, 3.05) is 6.54 Å². The van der Waals surface area contributed by atoms with Crippen LogP contribution in [0.5, 0.6) is 0 Å². The number of nitrogens with one attached hydrogen (secondary N) is 3. The van der Waals surface area contributed by atoms with Crippen molar-refractivity contribution in [1.29, 1.82) is 0 Å². The second-order valence-electron chi connectivity index (χ2n) is 14.5. The van der Waals surface area contributed by atoms with E-state index in [1.165, 1.54) is 4.90 Å². The summed E-state index contributed by atoms with van der Waals surface area (Å²) in [6.45, 7) is 10.6. The van der Waals surface area contributed by atoms with Gasteiger partial charge >= 0.3 is 24.2 Å². The van der Waals surface area contributed by atoms with Crippen molar-refractivity contribution in [1.82, 2.24) is 20.9 Å². The summed E-state index contributed by atoms with van der Waals surface area (Å²) in [5.41, 5.74) is 0.0236. The van der Waals surface area contributed by atoms with Crippen molar-refractivity contribution in [2.24, 2.45) is 10.9 Å². The molecule has 2 aromatic carbocycles. The van der Waals surface area contributed by atoms with E-state index in [2.05, 4.69) is 20.9 Å². The number of hydrogen-bond donors (Lipinski definition) is 3. The molecule has 2 fully saturated rings. The molecule has 4 rings (SSSR count). The number of alkyl carbamates (subject to hydrolysis) is 3. The van der Waals surface area contributed by atoms with Crippen LogP contribution < -0.4 is 16.0 Å². The van der Waals surface area contributed by atoms with Gasteiger partial charge in [0.15, 0.2) is 0 Å². The van der Waals surface area contributed by atoms with Crippen LogP contribution in [0.4, 0.5) is 14.4 Å². The predicted octanol–water partition coefficient (Wildman–Crippen LogP) is 5.20. The number of ether oxygens (including phenoxy) is 4. The Kier molecular flexibility index (Phi) is 13.0. The zero-order chi connectivity index (χ0) is 37.2. The van der Waals surface area contributed by atoms with Crippen molar-refractivity contribution in [2.45, 2.75) is 110 Å². The standard InChI is InChI=1S/C37H49N5O9/c1-36(2,3)50-31(44)29-21-26(28-18-17-27(30(43)42(28)29)39-35(47)51-37(4,5)6)19-20-38-32(40-33(45)48-22-24-13-9-7-10-14-24)41-34(46)49-23-25-15-11-8-12-16-25/h7-16,26-29H,17-23H2,1-6H3,(H,39,47)(H2,38,40,41,45,46)/t26-,27-,28+,29-/m0/s1. The highest BCUT2D eigenvalue weighted by molar-refractivity contribution is 6.01. The molecule has 0 aromatic heterocycles. The first-order chi connectivity index (χ1) is 24.1. The lowest BCUT2D eigenvalue weighted by molar-refractivity contribution is -0.165. The molecule has 4 atom stereocenters. The predicted molar refractivity (Wildman–Crippen MR) is 187 cm³/mol. The molecule has 0 saturated carbocycles. The highest BCUT2D eigenvalue weighted by Gasteiger charge is 2.52. The van der Waals surface area contributed by atoms with Gasteiger partial charge in [-0.1, -0.05) is 60.7 Å². The Bertz CT molecular complexity index is 1490. The first-order valence-corrected chi connectivity index (χ1v) is 17.1. The number of carbonyl (C=O) groups excluding carboxylic acids is 5. The third-order valence-corrected chi connectivity index (χ3v) is 8.07. The Morgan fingerprint density at radius 3 is 1.80 bits per heavy atom. The maximum absolute atomic E-state index is 13.8. The van der Waals surface area contributed by atoms with Crippen LogP contribution in [0, 0.1) is 5.92 Å². The van der Waals surface area contributed by atoms with Crippen LogP contribution in [0.25, 0.3) is 0 Å². The fraction of sp³-hybridized carbons (Fsp3) is 0.514. The van der Waals surface area contributed by atoms with E-state index in [1.54, 1.807) is 41.5 Å². The Morgan fingerprint density at radius 2 is 1.29 bits per heavy atom. The Morgan fingerprint density at radius 1 is 0.765 bits per heavy atom. The van der Waals surface area contributed by atoms with E-state index in [-0.39, 0.29) is 43.6 Å². The lowest BCUT2D eigenvalue weighted by Gasteiger charge is -2.39. The largest absolute Gasteiger partial charge is 0.458 e. The summed E-state index contributed by atoms with van der Waals surface area (Å²) in [7, 11) is 0. The smallest absolute Gasteiger partial charge is 0.414 e. The molecular weight excluding hydrogens is 658 g/mol. The van der Waals surface area contributed by atoms with Crippen LogP contribution in [0.3, 0.4) is 0 Å². The molecule has 3 N–H and O–H groups in total. The molecule has 276 valence electrons. The highest BCUT2D eigenvalue weighted by Crippen LogP contribution is 2.39. The van der Waals surface area contributed by atoms with Crippen LogP contribution >= 0.6 is 0 Å². The van der Waals surface area contributed by atoms with E-state index in [9.17, 15) is 24.0 Å². The van der Waals surface area contributed by atoms with E-state index in [4.69, 9.17) is 18.9 Å². The molecule has 0 unspecified atom stereocenters. The minimum Gasteiger partial charge on any atom is -0.458 e. The van der Waals surface area contributed by atoms with Crippen molar-refractivity contribution < 1.29 is 42.9 Å². The van der Waals surface area contributed by atoms with Gasteiger partial charge in [-0.05, 0) is 84.3 Å². The summed E-state index contributed by atoms with van der Waals surface area (Å²) in [5, 5.41) is 7.63. The third kappa shape index (κ3) is 12.3. The Labute approximate surface area is 298 Å². The monoisotopic (exact) mass is 707 g/mol. The fourth-order valence-corrected chi connectivity index (χ4v) is 5.99. The van der Waals surface area contributed by atoms with Crippen molar-refractivity contribution in [3.8, 4) is 0 Å². The van der Waals surface area contributed by atoms with Crippen LogP contribution in [0.2, 0.25) is 0 Å². The normalized spacial score (nSPS) is 20.0. The molecule has 2 saturated heterocycles. The summed E-state index contributed by atoms with van der Waals surface area (Å²) >= 11 is 0. The number of rotatable bonds is 9. The molecule has 0 bridgehead atoms. The summed E-state index contributed by atoms with van der Waals surface area (Å²) in [6, 6.07) is 16.2. The first kappa shape index (κ1) is 38.7. The number of amides is 4. The molecule has 2 aromatic rings. The minimum atomic E-state index is -0.865. The number of carbonyl (C=O) groups is 5. The molecule has 2 aliphatic heterocycles. The minimum absolute atomic E-state index is 0.00184. The van der Waals surface area contributed by atoms with Gasteiger partial charge in [-0.2, -0.15) is 0 Å². The van der Waals surface area contributed by atoms with E-state index in [0.29, 0.717) is 25.7 Å². The van der Waals surface area contributed by atoms with Crippen LogP contribution in [0.15, 0.2) is 65.7 Å². The average molecular weight is 708 g/mol. The zero-order valence-electron chi connectivity index (χ0n) is 30.1. The van der Waals surface area contributed by atoms with Gasteiger partial charge in [-0.25, -0.2) is 19.2 Å². The number of nitrogens with zero attached hydrogens (tertiary/aromatic N) is 2. The van der Waals surface area contributed by atoms with Crippen LogP contribution in [-0.2, 0) is 41.8 Å². The van der Waals surface area contributed by atoms with Gasteiger partial charge in [0.2, 0.25) is 11.9 Å². The SMILES string of the molecule is CC(C)(C)OC(=O)N[C@H]1CC[C@@H]2[C@@H](CCN=C(NC(=O)OCc3ccccc3)NC(=O)OCc3ccccc3)C[C@@H](C(=O)OC(C)(C)C)N2C1=O. The highest BCUT2D eigenvalue weighted by atomic mass is 16.6. The molecule has 2 heterocycles. The molecule has 2 aliphatic rings. The van der Waals surface area contributed by atoms with Gasteiger partial charge in [0, 0.05) is 12.6 Å². The maximum Gasteiger partial charge on any atom is 0.414 e. The van der Waals surface area contributed by atoms with E-state index in [0.717, 1.165) is 11.1 Å². The quantitative estimate of drug-likeness (QED) is 0.137. The number of piperidine rings is 1. The van der Waals surface area contributed by atoms with Gasteiger partial charge in [0.1, 0.15) is 36.5 Å². The number of fused-ring (bicyclic) bond motifs is 1. The summed E-state index contributed by atoms with van der Waals surface area (Å²) in [6.07, 6.45) is -0.790. The number of aliphatic imine (C=N–C) groups is 1. The lowest BCUT2D eigenvalue weighted by Crippen LogP contribution is -2.58. The van der Waals surface area contributed by atoms with Crippen molar-refractivity contribution >= 4 is 36.1 Å². The zero-order valence-corrected chi connectivity index (χ0v) is 30.1. The van der Waals surface area contributed by atoms with Crippen molar-refractivity contribution in [3.63, 3.8) is 0 Å². The van der Waals surface area contributed by atoms with Gasteiger partial charge in [-0.15, -0.1) is 0 Å². The molecule has 14 nitrogen and oxygen atoms in total. The third-order valence-electron chi connectivity index (χ3n) is 8.07. The molecule has 4 amide bonds. The first-order valence-electron chi connectivity index (χ1n) is 17.1. The van der Waals surface area contributed by atoms with Gasteiger partial charge in [0.25, 0.3) is 0 Å². The molecule has 14 heteroatoms. The van der Waals surface area contributed by atoms with Gasteiger partial charge in [0.05, 0.1) is 0 Å². The molecular formula is C37H49N5O9. The van der Waals surface area contributed by atoms with E-state index in [1.807, 2.05) is 60.7 Å². The Balaban J connectivity index is 1.46. The summed E-state index contributed by atoms with van der Waals surface area (Å²) < 4.78 is 21.7. The summed E-state index contributed by atoms with van der Waals surface area (Å²) in [4.78, 5) is 71.1. The van der Waals surface area contributed by atoms with Gasteiger partial charge in [-0.3, -0.25) is 20.4 Å². The topological polar surface area (TPSA) is 174 Å². The molecule has 0 radical (unpaired) electrons. The molecule has 0 aliphatic carbocycles. The second kappa shape index (κ2) is 17.2. The fourth-order valence-electron chi connectivity index (χ4n) is 5.99. The summed E-state index contributed by atoms with van der Waals surface area (Å²) in [5.74, 6) is -1.26.